The van der Waals surface area contributed by atoms with Crippen LogP contribution in [0.4, 0.5) is 0 Å². The van der Waals surface area contributed by atoms with Crippen LogP contribution in [0.5, 0.6) is 0 Å². The first-order chi connectivity index (χ1) is 8.22. The number of primary amides is 1. The van der Waals surface area contributed by atoms with Crippen LogP contribution in [-0.4, -0.2) is 30.4 Å². The van der Waals surface area contributed by atoms with Gasteiger partial charge in [0.1, 0.15) is 5.76 Å². The predicted octanol–water partition coefficient (Wildman–Crippen LogP) is 0.477. The number of likely N-dealkylation sites (tertiary alicyclic amines) is 1. The molecule has 0 radical (unpaired) electrons. The molecule has 94 valence electrons. The second-order valence-electron chi connectivity index (χ2n) is 4.48. The van der Waals surface area contributed by atoms with E-state index in [1.54, 1.807) is 6.26 Å². The minimum absolute atomic E-state index is 0.0151. The van der Waals surface area contributed by atoms with E-state index in [9.17, 15) is 4.79 Å². The fourth-order valence-corrected chi connectivity index (χ4v) is 2.42. The fraction of sp³-hybridized carbons (Fsp3) is 0.583. The standard InChI is InChI=1S/C12H19N3O2/c13-8-10(11-2-1-7-17-11)15-5-3-9(4-6-15)12(14)16/h1-2,7,9-10H,3-6,8,13H2,(H2,14,16). The Morgan fingerprint density at radius 1 is 1.53 bits per heavy atom. The molecule has 1 atom stereocenters. The van der Waals surface area contributed by atoms with Crippen molar-refractivity contribution in [2.45, 2.75) is 18.9 Å². The summed E-state index contributed by atoms with van der Waals surface area (Å²) in [6.45, 7) is 2.21. The zero-order valence-corrected chi connectivity index (χ0v) is 9.84. The van der Waals surface area contributed by atoms with Gasteiger partial charge in [-0.2, -0.15) is 0 Å². The number of carbonyl (C=O) groups excluding carboxylic acids is 1. The molecule has 5 heteroatoms. The van der Waals surface area contributed by atoms with Crippen LogP contribution < -0.4 is 11.5 Å². The maximum Gasteiger partial charge on any atom is 0.220 e. The van der Waals surface area contributed by atoms with Gasteiger partial charge < -0.3 is 15.9 Å². The summed E-state index contributed by atoms with van der Waals surface area (Å²) in [7, 11) is 0. The van der Waals surface area contributed by atoms with Gasteiger partial charge in [-0.05, 0) is 38.1 Å². The highest BCUT2D eigenvalue weighted by molar-refractivity contribution is 5.76. The number of piperidine rings is 1. The Morgan fingerprint density at radius 2 is 2.24 bits per heavy atom. The highest BCUT2D eigenvalue weighted by atomic mass is 16.3. The van der Waals surface area contributed by atoms with E-state index in [1.165, 1.54) is 0 Å². The van der Waals surface area contributed by atoms with Crippen LogP contribution in [0.15, 0.2) is 22.8 Å². The molecule has 1 saturated heterocycles. The molecular formula is C12H19N3O2. The van der Waals surface area contributed by atoms with Crippen LogP contribution in [0.1, 0.15) is 24.6 Å². The molecule has 1 aliphatic heterocycles. The van der Waals surface area contributed by atoms with Gasteiger partial charge in [0.05, 0.1) is 12.3 Å². The summed E-state index contributed by atoms with van der Waals surface area (Å²) in [5.74, 6) is 0.721. The zero-order valence-electron chi connectivity index (χ0n) is 9.84. The van der Waals surface area contributed by atoms with Crippen molar-refractivity contribution in [3.63, 3.8) is 0 Å². The molecule has 17 heavy (non-hydrogen) atoms. The topological polar surface area (TPSA) is 85.5 Å². The van der Waals surface area contributed by atoms with Crippen molar-refractivity contribution in [3.05, 3.63) is 24.2 Å². The molecule has 0 saturated carbocycles. The summed E-state index contributed by atoms with van der Waals surface area (Å²) >= 11 is 0. The Kier molecular flexibility index (Phi) is 3.81. The molecule has 1 fully saturated rings. The molecule has 1 aromatic heterocycles. The van der Waals surface area contributed by atoms with Crippen molar-refractivity contribution in [1.82, 2.24) is 4.90 Å². The van der Waals surface area contributed by atoms with Gasteiger partial charge in [0, 0.05) is 12.5 Å². The quantitative estimate of drug-likeness (QED) is 0.797. The Labute approximate surface area is 101 Å². The van der Waals surface area contributed by atoms with Gasteiger partial charge in [-0.1, -0.05) is 0 Å². The summed E-state index contributed by atoms with van der Waals surface area (Å²) in [5, 5.41) is 0. The number of nitrogens with two attached hydrogens (primary N) is 2. The molecule has 2 heterocycles. The van der Waals surface area contributed by atoms with Crippen LogP contribution in [0.3, 0.4) is 0 Å². The van der Waals surface area contributed by atoms with E-state index in [0.29, 0.717) is 6.54 Å². The van der Waals surface area contributed by atoms with E-state index < -0.39 is 0 Å². The number of carbonyl (C=O) groups is 1. The Bertz CT molecular complexity index is 356. The van der Waals surface area contributed by atoms with E-state index in [1.807, 2.05) is 12.1 Å². The molecule has 0 spiro atoms. The lowest BCUT2D eigenvalue weighted by atomic mass is 9.95. The van der Waals surface area contributed by atoms with Crippen molar-refractivity contribution in [2.75, 3.05) is 19.6 Å². The van der Waals surface area contributed by atoms with Gasteiger partial charge in [-0.25, -0.2) is 0 Å². The molecule has 2 rings (SSSR count). The maximum atomic E-state index is 11.1. The normalized spacial score (nSPS) is 20.3. The van der Waals surface area contributed by atoms with Crippen molar-refractivity contribution in [2.24, 2.45) is 17.4 Å². The second kappa shape index (κ2) is 5.33. The summed E-state index contributed by atoms with van der Waals surface area (Å²) in [6, 6.07) is 3.92. The van der Waals surface area contributed by atoms with E-state index in [0.717, 1.165) is 31.7 Å². The molecule has 0 aromatic carbocycles. The van der Waals surface area contributed by atoms with E-state index in [-0.39, 0.29) is 17.9 Å². The van der Waals surface area contributed by atoms with Gasteiger partial charge in [0.15, 0.2) is 0 Å². The van der Waals surface area contributed by atoms with Gasteiger partial charge in [0.25, 0.3) is 0 Å². The number of amides is 1. The first kappa shape index (κ1) is 12.1. The van der Waals surface area contributed by atoms with Crippen LogP contribution in [0, 0.1) is 5.92 Å². The van der Waals surface area contributed by atoms with Crippen LogP contribution in [-0.2, 0) is 4.79 Å². The minimum atomic E-state index is -0.188. The van der Waals surface area contributed by atoms with Gasteiger partial charge in [0.2, 0.25) is 5.91 Å². The minimum Gasteiger partial charge on any atom is -0.468 e. The Hall–Kier alpha value is -1.33. The third-order valence-corrected chi connectivity index (χ3v) is 3.47. The van der Waals surface area contributed by atoms with Crippen LogP contribution in [0.2, 0.25) is 0 Å². The molecule has 5 nitrogen and oxygen atoms in total. The van der Waals surface area contributed by atoms with Crippen LogP contribution >= 0.6 is 0 Å². The summed E-state index contributed by atoms with van der Waals surface area (Å²) in [4.78, 5) is 13.4. The second-order valence-corrected chi connectivity index (χ2v) is 4.48. The number of hydrogen-bond acceptors (Lipinski definition) is 4. The van der Waals surface area contributed by atoms with Crippen molar-refractivity contribution in [3.8, 4) is 0 Å². The molecule has 1 aromatic rings. The van der Waals surface area contributed by atoms with Gasteiger partial charge >= 0.3 is 0 Å². The Morgan fingerprint density at radius 3 is 2.71 bits per heavy atom. The van der Waals surface area contributed by atoms with Crippen LogP contribution in [0.25, 0.3) is 0 Å². The average molecular weight is 237 g/mol. The first-order valence-corrected chi connectivity index (χ1v) is 5.99. The maximum absolute atomic E-state index is 11.1. The molecule has 0 aliphatic carbocycles. The summed E-state index contributed by atoms with van der Waals surface area (Å²) in [6.07, 6.45) is 3.28. The lowest BCUT2D eigenvalue weighted by Crippen LogP contribution is -2.42. The number of rotatable bonds is 4. The molecule has 1 amide bonds. The Balaban J connectivity index is 1.97. The van der Waals surface area contributed by atoms with Gasteiger partial charge in [-0.3, -0.25) is 9.69 Å². The average Bonchev–Trinajstić information content (AvgIpc) is 2.84. The van der Waals surface area contributed by atoms with Crippen molar-refractivity contribution < 1.29 is 9.21 Å². The van der Waals surface area contributed by atoms with E-state index >= 15 is 0 Å². The number of furan rings is 1. The monoisotopic (exact) mass is 237 g/mol. The van der Waals surface area contributed by atoms with E-state index in [4.69, 9.17) is 15.9 Å². The lowest BCUT2D eigenvalue weighted by molar-refractivity contribution is -0.123. The highest BCUT2D eigenvalue weighted by Gasteiger charge is 2.28. The van der Waals surface area contributed by atoms with Gasteiger partial charge in [-0.15, -0.1) is 0 Å². The smallest absolute Gasteiger partial charge is 0.220 e. The molecule has 1 unspecified atom stereocenters. The third kappa shape index (κ3) is 2.68. The highest BCUT2D eigenvalue weighted by Crippen LogP contribution is 2.26. The lowest BCUT2D eigenvalue weighted by Gasteiger charge is -2.35. The largest absolute Gasteiger partial charge is 0.468 e. The SMILES string of the molecule is NCC(c1ccco1)N1CCC(C(N)=O)CC1. The predicted molar refractivity (Wildman–Crippen MR) is 64.0 cm³/mol. The van der Waals surface area contributed by atoms with Crippen molar-refractivity contribution in [1.29, 1.82) is 0 Å². The number of nitrogens with zero attached hydrogens (tertiary/aromatic N) is 1. The molecule has 4 N–H and O–H groups in total. The van der Waals surface area contributed by atoms with Crippen molar-refractivity contribution >= 4 is 5.91 Å². The molecule has 1 aliphatic rings. The first-order valence-electron chi connectivity index (χ1n) is 5.99. The summed E-state index contributed by atoms with van der Waals surface area (Å²) in [5.41, 5.74) is 11.1. The fourth-order valence-electron chi connectivity index (χ4n) is 2.42. The summed E-state index contributed by atoms with van der Waals surface area (Å²) < 4.78 is 5.40. The molecule has 0 bridgehead atoms. The van der Waals surface area contributed by atoms with E-state index in [2.05, 4.69) is 4.90 Å². The molecular weight excluding hydrogens is 218 g/mol. The number of hydrogen-bond donors (Lipinski definition) is 2. The zero-order chi connectivity index (χ0) is 12.3. The third-order valence-electron chi connectivity index (χ3n) is 3.47.